The molecule has 1 aliphatic rings. The Morgan fingerprint density at radius 2 is 1.97 bits per heavy atom. The fourth-order valence-electron chi connectivity index (χ4n) is 3.44. The molecule has 3 rings (SSSR count). The summed E-state index contributed by atoms with van der Waals surface area (Å²) in [5.74, 6) is -0.166. The van der Waals surface area contributed by atoms with Crippen molar-refractivity contribution in [2.75, 3.05) is 26.2 Å². The van der Waals surface area contributed by atoms with Crippen LogP contribution in [0.5, 0.6) is 0 Å². The minimum atomic E-state index is -0.402. The van der Waals surface area contributed by atoms with E-state index in [-0.39, 0.29) is 24.5 Å². The van der Waals surface area contributed by atoms with Crippen molar-refractivity contribution in [3.05, 3.63) is 59.8 Å². The number of nitrogens with zero attached hydrogens (tertiary/aromatic N) is 2. The van der Waals surface area contributed by atoms with Gasteiger partial charge in [-0.3, -0.25) is 9.59 Å². The minimum Gasteiger partial charge on any atom is -0.467 e. The average Bonchev–Trinajstić information content (AvgIpc) is 3.41. The van der Waals surface area contributed by atoms with E-state index in [1.807, 2.05) is 13.0 Å². The number of rotatable bonds is 9. The second-order valence-electron chi connectivity index (χ2n) is 7.22. The van der Waals surface area contributed by atoms with Crippen LogP contribution >= 0.6 is 0 Å². The van der Waals surface area contributed by atoms with E-state index in [4.69, 9.17) is 9.15 Å². The largest absolute Gasteiger partial charge is 0.467 e. The van der Waals surface area contributed by atoms with Crippen LogP contribution in [0, 0.1) is 5.82 Å². The molecule has 0 N–H and O–H groups in total. The average molecular weight is 402 g/mol. The number of amides is 2. The normalized spacial score (nSPS) is 16.0. The Bertz CT molecular complexity index is 786. The van der Waals surface area contributed by atoms with Gasteiger partial charge in [0.1, 0.15) is 18.1 Å². The maximum atomic E-state index is 13.2. The van der Waals surface area contributed by atoms with Gasteiger partial charge in [0, 0.05) is 25.3 Å². The Balaban J connectivity index is 1.71. The number of hydrogen-bond donors (Lipinski definition) is 0. The third-order valence-corrected chi connectivity index (χ3v) is 4.93. The fourth-order valence-corrected chi connectivity index (χ4v) is 3.44. The summed E-state index contributed by atoms with van der Waals surface area (Å²) < 4.78 is 24.3. The standard InChI is InChI=1S/C22H27FN2O4/c1-2-11-24(22(27)17-7-9-18(23)10-8-17)16-21(26)25(14-19-5-3-12-28-19)15-20-6-4-13-29-20/h3,5,7-10,12,20H,2,4,6,11,13-16H2,1H3/t20-/m0/s1. The van der Waals surface area contributed by atoms with Gasteiger partial charge in [-0.05, 0) is 55.7 Å². The lowest BCUT2D eigenvalue weighted by atomic mass is 10.2. The maximum absolute atomic E-state index is 13.2. The minimum absolute atomic E-state index is 0.00124. The van der Waals surface area contributed by atoms with E-state index in [0.29, 0.717) is 44.0 Å². The molecule has 0 bridgehead atoms. The highest BCUT2D eigenvalue weighted by atomic mass is 19.1. The third kappa shape index (κ3) is 5.90. The van der Waals surface area contributed by atoms with E-state index in [1.54, 1.807) is 17.2 Å². The summed E-state index contributed by atoms with van der Waals surface area (Å²) in [7, 11) is 0. The molecule has 1 saturated heterocycles. The molecule has 1 aromatic heterocycles. The fraction of sp³-hybridized carbons (Fsp3) is 0.455. The van der Waals surface area contributed by atoms with Crippen molar-refractivity contribution < 1.29 is 23.1 Å². The van der Waals surface area contributed by atoms with Gasteiger partial charge in [-0.15, -0.1) is 0 Å². The van der Waals surface area contributed by atoms with E-state index < -0.39 is 5.82 Å². The van der Waals surface area contributed by atoms with E-state index >= 15 is 0 Å². The molecular weight excluding hydrogens is 375 g/mol. The van der Waals surface area contributed by atoms with Gasteiger partial charge in [-0.1, -0.05) is 6.92 Å². The molecule has 0 aliphatic carbocycles. The topological polar surface area (TPSA) is 63.0 Å². The zero-order chi connectivity index (χ0) is 20.6. The molecule has 0 spiro atoms. The van der Waals surface area contributed by atoms with Gasteiger partial charge < -0.3 is 19.0 Å². The summed E-state index contributed by atoms with van der Waals surface area (Å²) in [4.78, 5) is 29.2. The number of carbonyl (C=O) groups excluding carboxylic acids is 2. The van der Waals surface area contributed by atoms with E-state index in [2.05, 4.69) is 0 Å². The first kappa shape index (κ1) is 21.0. The third-order valence-electron chi connectivity index (χ3n) is 4.93. The van der Waals surface area contributed by atoms with Crippen molar-refractivity contribution in [3.8, 4) is 0 Å². The summed E-state index contributed by atoms with van der Waals surface area (Å²) in [6.45, 7) is 3.84. The monoisotopic (exact) mass is 402 g/mol. The van der Waals surface area contributed by atoms with Crippen molar-refractivity contribution >= 4 is 11.8 Å². The number of halogens is 1. The Morgan fingerprint density at radius 3 is 2.59 bits per heavy atom. The first-order valence-corrected chi connectivity index (χ1v) is 10.0. The Kier molecular flexibility index (Phi) is 7.41. The smallest absolute Gasteiger partial charge is 0.254 e. The number of carbonyl (C=O) groups is 2. The molecule has 0 saturated carbocycles. The Hall–Kier alpha value is -2.67. The molecule has 29 heavy (non-hydrogen) atoms. The van der Waals surface area contributed by atoms with Gasteiger partial charge in [0.25, 0.3) is 5.91 Å². The van der Waals surface area contributed by atoms with Gasteiger partial charge in [-0.2, -0.15) is 0 Å². The van der Waals surface area contributed by atoms with Crippen molar-refractivity contribution in [1.82, 2.24) is 9.80 Å². The molecule has 156 valence electrons. The SMILES string of the molecule is CCCN(CC(=O)N(Cc1ccco1)C[C@@H]1CCCO1)C(=O)c1ccc(F)cc1. The quantitative estimate of drug-likeness (QED) is 0.644. The molecule has 2 amide bonds. The molecule has 0 unspecified atom stereocenters. The van der Waals surface area contributed by atoms with E-state index in [9.17, 15) is 14.0 Å². The lowest BCUT2D eigenvalue weighted by Crippen LogP contribution is -2.45. The zero-order valence-electron chi connectivity index (χ0n) is 16.7. The van der Waals surface area contributed by atoms with Crippen LogP contribution in [0.4, 0.5) is 4.39 Å². The molecule has 6 nitrogen and oxygen atoms in total. The van der Waals surface area contributed by atoms with Gasteiger partial charge in [0.2, 0.25) is 5.91 Å². The molecule has 2 aromatic rings. The first-order valence-electron chi connectivity index (χ1n) is 10.0. The van der Waals surface area contributed by atoms with E-state index in [1.165, 1.54) is 29.2 Å². The van der Waals surface area contributed by atoms with Gasteiger partial charge >= 0.3 is 0 Å². The molecule has 1 aromatic carbocycles. The van der Waals surface area contributed by atoms with Crippen LogP contribution in [0.2, 0.25) is 0 Å². The molecule has 1 aliphatic heterocycles. The first-order chi connectivity index (χ1) is 14.1. The molecule has 7 heteroatoms. The van der Waals surface area contributed by atoms with Gasteiger partial charge in [0.15, 0.2) is 0 Å². The van der Waals surface area contributed by atoms with E-state index in [0.717, 1.165) is 12.8 Å². The summed E-state index contributed by atoms with van der Waals surface area (Å²) in [5, 5.41) is 0. The molecule has 1 atom stereocenters. The van der Waals surface area contributed by atoms with Crippen LogP contribution < -0.4 is 0 Å². The van der Waals surface area contributed by atoms with Gasteiger partial charge in [0.05, 0.1) is 18.9 Å². The summed E-state index contributed by atoms with van der Waals surface area (Å²) >= 11 is 0. The zero-order valence-corrected chi connectivity index (χ0v) is 16.7. The summed E-state index contributed by atoms with van der Waals surface area (Å²) in [5.41, 5.74) is 0.365. The number of ether oxygens (including phenoxy) is 1. The lowest BCUT2D eigenvalue weighted by molar-refractivity contribution is -0.134. The Labute approximate surface area is 170 Å². The Morgan fingerprint density at radius 1 is 1.17 bits per heavy atom. The summed E-state index contributed by atoms with van der Waals surface area (Å²) in [6.07, 6.45) is 4.18. The van der Waals surface area contributed by atoms with Crippen LogP contribution in [0.3, 0.4) is 0 Å². The highest BCUT2D eigenvalue weighted by Crippen LogP contribution is 2.16. The van der Waals surface area contributed by atoms with Crippen molar-refractivity contribution in [2.45, 2.75) is 38.8 Å². The van der Waals surface area contributed by atoms with Crippen LogP contribution in [0.1, 0.15) is 42.3 Å². The number of hydrogen-bond acceptors (Lipinski definition) is 4. The second-order valence-corrected chi connectivity index (χ2v) is 7.22. The lowest BCUT2D eigenvalue weighted by Gasteiger charge is -2.28. The van der Waals surface area contributed by atoms with Crippen LogP contribution in [0.25, 0.3) is 0 Å². The maximum Gasteiger partial charge on any atom is 0.254 e. The summed E-state index contributed by atoms with van der Waals surface area (Å²) in [6, 6.07) is 8.99. The van der Waals surface area contributed by atoms with Crippen molar-refractivity contribution in [1.29, 1.82) is 0 Å². The van der Waals surface area contributed by atoms with Crippen LogP contribution in [-0.4, -0.2) is 54.0 Å². The van der Waals surface area contributed by atoms with Crippen LogP contribution in [0.15, 0.2) is 47.1 Å². The predicted molar refractivity (Wildman–Crippen MR) is 106 cm³/mol. The van der Waals surface area contributed by atoms with Gasteiger partial charge in [-0.25, -0.2) is 4.39 Å². The highest BCUT2D eigenvalue weighted by Gasteiger charge is 2.26. The van der Waals surface area contributed by atoms with Crippen molar-refractivity contribution in [2.24, 2.45) is 0 Å². The number of benzene rings is 1. The van der Waals surface area contributed by atoms with Crippen LogP contribution in [-0.2, 0) is 16.1 Å². The predicted octanol–water partition coefficient (Wildman–Crippen LogP) is 3.48. The number of furan rings is 1. The molecule has 1 fully saturated rings. The molecular formula is C22H27FN2O4. The molecule has 0 radical (unpaired) electrons. The highest BCUT2D eigenvalue weighted by molar-refractivity contribution is 5.96. The molecule has 2 heterocycles. The van der Waals surface area contributed by atoms with Crippen molar-refractivity contribution in [3.63, 3.8) is 0 Å². The second kappa shape index (κ2) is 10.2.